The van der Waals surface area contributed by atoms with Gasteiger partial charge in [0.15, 0.2) is 5.84 Å². The van der Waals surface area contributed by atoms with Gasteiger partial charge in [-0.1, -0.05) is 5.16 Å². The van der Waals surface area contributed by atoms with Gasteiger partial charge in [0.25, 0.3) is 10.2 Å². The molecule has 0 aliphatic carbocycles. The topological polar surface area (TPSA) is 122 Å². The molecule has 0 atom stereocenters. The highest BCUT2D eigenvalue weighted by Crippen LogP contribution is 1.86. The van der Waals surface area contributed by atoms with E-state index in [9.17, 15) is 8.42 Å². The van der Waals surface area contributed by atoms with Gasteiger partial charge in [0, 0.05) is 7.05 Å². The lowest BCUT2D eigenvalue weighted by Gasteiger charge is -2.11. The smallest absolute Gasteiger partial charge is 0.277 e. The fourth-order valence-electron chi connectivity index (χ4n) is 0.350. The van der Waals surface area contributed by atoms with E-state index in [0.717, 1.165) is 4.31 Å². The van der Waals surface area contributed by atoms with Crippen LogP contribution in [0.2, 0.25) is 0 Å². The maximum atomic E-state index is 10.5. The SMILES string of the molecule is CN(CC(N)=NO)S(N)(=O)=O. The lowest BCUT2D eigenvalue weighted by molar-refractivity contribution is 0.315. The number of hydrogen-bond acceptors (Lipinski definition) is 4. The molecule has 0 rings (SSSR count). The second kappa shape index (κ2) is 3.51. The van der Waals surface area contributed by atoms with Crippen LogP contribution in [0.3, 0.4) is 0 Å². The molecular formula is C3H10N4O3S. The number of rotatable bonds is 3. The molecule has 0 saturated carbocycles. The van der Waals surface area contributed by atoms with Crippen LogP contribution in [0.25, 0.3) is 0 Å². The van der Waals surface area contributed by atoms with Gasteiger partial charge < -0.3 is 10.9 Å². The first-order valence-corrected chi connectivity index (χ1v) is 4.08. The van der Waals surface area contributed by atoms with E-state index in [1.807, 2.05) is 0 Å². The third-order valence-corrected chi connectivity index (χ3v) is 1.95. The summed E-state index contributed by atoms with van der Waals surface area (Å²) in [6.45, 7) is -0.227. The Bertz CT molecular complexity index is 245. The molecule has 5 N–H and O–H groups in total. The van der Waals surface area contributed by atoms with Crippen molar-refractivity contribution in [3.63, 3.8) is 0 Å². The Balaban J connectivity index is 4.21. The highest BCUT2D eigenvalue weighted by Gasteiger charge is 2.12. The van der Waals surface area contributed by atoms with Crippen LogP contribution in [0.1, 0.15) is 0 Å². The second-order valence-electron chi connectivity index (χ2n) is 1.89. The molecule has 0 aromatic rings. The van der Waals surface area contributed by atoms with Crippen molar-refractivity contribution in [2.45, 2.75) is 0 Å². The predicted octanol–water partition coefficient (Wildman–Crippen LogP) is -2.13. The minimum absolute atomic E-state index is 0.221. The number of likely N-dealkylation sites (N-methyl/N-ethyl adjacent to an activating group) is 1. The molecule has 0 aliphatic rings. The van der Waals surface area contributed by atoms with E-state index in [1.54, 1.807) is 0 Å². The number of hydrogen-bond donors (Lipinski definition) is 3. The zero-order chi connectivity index (χ0) is 9.07. The summed E-state index contributed by atoms with van der Waals surface area (Å²) >= 11 is 0. The average Bonchev–Trinajstić information content (AvgIpc) is 1.85. The first kappa shape index (κ1) is 10.1. The monoisotopic (exact) mass is 182 g/mol. The predicted molar refractivity (Wildman–Crippen MR) is 39.1 cm³/mol. The van der Waals surface area contributed by atoms with Crippen LogP contribution in [-0.2, 0) is 10.2 Å². The first-order valence-electron chi connectivity index (χ1n) is 2.58. The summed E-state index contributed by atoms with van der Waals surface area (Å²) in [5.74, 6) is -0.221. The summed E-state index contributed by atoms with van der Waals surface area (Å²) in [5, 5.41) is 15.3. The standard InChI is InChI=1S/C3H10N4O3S/c1-7(11(5,9)10)2-3(4)6-8/h8H,2H2,1H3,(H2,4,6)(H2,5,9,10). The lowest BCUT2D eigenvalue weighted by Crippen LogP contribution is -2.39. The molecular weight excluding hydrogens is 172 g/mol. The minimum Gasteiger partial charge on any atom is -0.409 e. The Labute approximate surface area is 64.4 Å². The third-order valence-electron chi connectivity index (χ3n) is 0.948. The molecule has 0 spiro atoms. The van der Waals surface area contributed by atoms with Crippen molar-refractivity contribution < 1.29 is 13.6 Å². The van der Waals surface area contributed by atoms with Crippen molar-refractivity contribution in [3.8, 4) is 0 Å². The van der Waals surface area contributed by atoms with Crippen molar-refractivity contribution in [2.75, 3.05) is 13.6 Å². The molecule has 0 aromatic heterocycles. The van der Waals surface area contributed by atoms with Gasteiger partial charge in [0.1, 0.15) is 0 Å². The van der Waals surface area contributed by atoms with Gasteiger partial charge in [-0.05, 0) is 0 Å². The Morgan fingerprint density at radius 3 is 2.45 bits per heavy atom. The van der Waals surface area contributed by atoms with E-state index < -0.39 is 10.2 Å². The van der Waals surface area contributed by atoms with Gasteiger partial charge in [-0.15, -0.1) is 0 Å². The van der Waals surface area contributed by atoms with Crippen LogP contribution >= 0.6 is 0 Å². The van der Waals surface area contributed by atoms with E-state index >= 15 is 0 Å². The van der Waals surface area contributed by atoms with Crippen molar-refractivity contribution in [1.82, 2.24) is 4.31 Å². The van der Waals surface area contributed by atoms with Crippen LogP contribution in [0.15, 0.2) is 5.16 Å². The molecule has 0 aromatic carbocycles. The number of nitrogens with zero attached hydrogens (tertiary/aromatic N) is 2. The fraction of sp³-hybridized carbons (Fsp3) is 0.667. The summed E-state index contributed by atoms with van der Waals surface area (Å²) in [6, 6.07) is 0. The lowest BCUT2D eigenvalue weighted by atomic mass is 10.6. The molecule has 8 heteroatoms. The minimum atomic E-state index is -3.75. The Kier molecular flexibility index (Phi) is 3.23. The van der Waals surface area contributed by atoms with Crippen molar-refractivity contribution in [1.29, 1.82) is 0 Å². The summed E-state index contributed by atoms with van der Waals surface area (Å²) in [5.41, 5.74) is 5.01. The first-order chi connectivity index (χ1) is 4.88. The Hall–Kier alpha value is -0.860. The van der Waals surface area contributed by atoms with Crippen LogP contribution < -0.4 is 10.9 Å². The highest BCUT2D eigenvalue weighted by molar-refractivity contribution is 7.86. The van der Waals surface area contributed by atoms with Crippen LogP contribution in [-0.4, -0.2) is 37.4 Å². The highest BCUT2D eigenvalue weighted by atomic mass is 32.2. The molecule has 11 heavy (non-hydrogen) atoms. The zero-order valence-corrected chi connectivity index (χ0v) is 6.74. The van der Waals surface area contributed by atoms with Gasteiger partial charge in [0.2, 0.25) is 0 Å². The summed E-state index contributed by atoms with van der Waals surface area (Å²) < 4.78 is 21.7. The average molecular weight is 182 g/mol. The maximum Gasteiger partial charge on any atom is 0.277 e. The van der Waals surface area contributed by atoms with Gasteiger partial charge >= 0.3 is 0 Å². The molecule has 0 fully saturated rings. The number of amidine groups is 1. The van der Waals surface area contributed by atoms with Crippen molar-refractivity contribution in [3.05, 3.63) is 0 Å². The molecule has 0 saturated heterocycles. The van der Waals surface area contributed by atoms with Crippen molar-refractivity contribution >= 4 is 16.0 Å². The van der Waals surface area contributed by atoms with E-state index in [2.05, 4.69) is 10.3 Å². The Morgan fingerprint density at radius 2 is 2.18 bits per heavy atom. The van der Waals surface area contributed by atoms with E-state index in [4.69, 9.17) is 10.9 Å². The normalized spacial score (nSPS) is 13.9. The zero-order valence-electron chi connectivity index (χ0n) is 5.93. The molecule has 0 heterocycles. The van der Waals surface area contributed by atoms with Gasteiger partial charge in [-0.2, -0.15) is 12.7 Å². The summed E-state index contributed by atoms with van der Waals surface area (Å²) in [6.07, 6.45) is 0. The maximum absolute atomic E-state index is 10.5. The van der Waals surface area contributed by atoms with Crippen LogP contribution in [0, 0.1) is 0 Å². The molecule has 0 bridgehead atoms. The molecule has 66 valence electrons. The van der Waals surface area contributed by atoms with E-state index in [-0.39, 0.29) is 12.4 Å². The van der Waals surface area contributed by atoms with Crippen LogP contribution in [0.4, 0.5) is 0 Å². The fourth-order valence-corrected chi connectivity index (χ4v) is 0.662. The molecule has 0 unspecified atom stereocenters. The largest absolute Gasteiger partial charge is 0.409 e. The molecule has 0 amide bonds. The third kappa shape index (κ3) is 3.75. The summed E-state index contributed by atoms with van der Waals surface area (Å²) in [4.78, 5) is 0. The van der Waals surface area contributed by atoms with Gasteiger partial charge in [-0.3, -0.25) is 0 Å². The number of nitrogens with two attached hydrogens (primary N) is 2. The molecule has 7 nitrogen and oxygen atoms in total. The quantitative estimate of drug-likeness (QED) is 0.199. The van der Waals surface area contributed by atoms with Gasteiger partial charge in [0.05, 0.1) is 6.54 Å². The molecule has 0 aliphatic heterocycles. The van der Waals surface area contributed by atoms with Crippen molar-refractivity contribution in [2.24, 2.45) is 16.0 Å². The van der Waals surface area contributed by atoms with E-state index in [0.29, 0.717) is 0 Å². The summed E-state index contributed by atoms with van der Waals surface area (Å²) in [7, 11) is -2.53. The van der Waals surface area contributed by atoms with E-state index in [1.165, 1.54) is 7.05 Å². The van der Waals surface area contributed by atoms with Gasteiger partial charge in [-0.25, -0.2) is 5.14 Å². The number of oxime groups is 1. The second-order valence-corrected chi connectivity index (χ2v) is 3.55. The molecule has 0 radical (unpaired) electrons. The van der Waals surface area contributed by atoms with Crippen LogP contribution in [0.5, 0.6) is 0 Å². The Morgan fingerprint density at radius 1 is 1.73 bits per heavy atom.